The van der Waals surface area contributed by atoms with Gasteiger partial charge in [0.05, 0.1) is 16.9 Å². The molecule has 3 aromatic rings. The Morgan fingerprint density at radius 2 is 1.90 bits per heavy atom. The molecule has 0 bridgehead atoms. The van der Waals surface area contributed by atoms with Gasteiger partial charge < -0.3 is 15.3 Å². The number of aromatic nitrogens is 3. The summed E-state index contributed by atoms with van der Waals surface area (Å²) in [5, 5.41) is 31.1. The van der Waals surface area contributed by atoms with E-state index in [-0.39, 0.29) is 5.75 Å². The number of nitrogens with zero attached hydrogens (tertiary/aromatic N) is 6. The number of benzene rings is 1. The molecule has 156 valence electrons. The summed E-state index contributed by atoms with van der Waals surface area (Å²) < 4.78 is 1.75. The maximum Gasteiger partial charge on any atom is 0.125 e. The van der Waals surface area contributed by atoms with E-state index in [0.29, 0.717) is 12.0 Å². The van der Waals surface area contributed by atoms with Crippen LogP contribution in [0, 0.1) is 6.92 Å². The number of aryl methyl sites for hydroxylation is 1. The van der Waals surface area contributed by atoms with Crippen LogP contribution in [0.15, 0.2) is 46.7 Å². The Morgan fingerprint density at radius 3 is 2.63 bits per heavy atom. The minimum absolute atomic E-state index is 0.193. The van der Waals surface area contributed by atoms with Crippen molar-refractivity contribution in [1.29, 1.82) is 0 Å². The summed E-state index contributed by atoms with van der Waals surface area (Å²) in [6.45, 7) is 9.71. The zero-order chi connectivity index (χ0) is 21.1. The number of piperazine rings is 1. The second kappa shape index (κ2) is 8.62. The number of pyridine rings is 1. The molecule has 8 nitrogen and oxygen atoms in total. The van der Waals surface area contributed by atoms with Crippen molar-refractivity contribution < 1.29 is 5.11 Å². The average Bonchev–Trinajstić information content (AvgIpc) is 3.15. The molecule has 2 aromatic heterocycles. The highest BCUT2D eigenvalue weighted by atomic mass is 16.3. The quantitative estimate of drug-likeness (QED) is 0.396. The first-order valence-corrected chi connectivity index (χ1v) is 10.3. The summed E-state index contributed by atoms with van der Waals surface area (Å²) in [5.74, 6) is 1.09. The third-order valence-electron chi connectivity index (χ3n) is 5.46. The van der Waals surface area contributed by atoms with E-state index in [9.17, 15) is 5.11 Å². The molecule has 0 atom stereocenters. The van der Waals surface area contributed by atoms with Gasteiger partial charge >= 0.3 is 0 Å². The Bertz CT molecular complexity index is 1110. The van der Waals surface area contributed by atoms with Crippen LogP contribution in [0.3, 0.4) is 0 Å². The van der Waals surface area contributed by atoms with E-state index in [0.717, 1.165) is 60.1 Å². The van der Waals surface area contributed by atoms with Crippen molar-refractivity contribution in [1.82, 2.24) is 25.0 Å². The van der Waals surface area contributed by atoms with E-state index in [2.05, 4.69) is 30.7 Å². The van der Waals surface area contributed by atoms with Crippen LogP contribution in [0.5, 0.6) is 5.75 Å². The van der Waals surface area contributed by atoms with Gasteiger partial charge in [0.2, 0.25) is 0 Å². The molecule has 30 heavy (non-hydrogen) atoms. The van der Waals surface area contributed by atoms with Crippen molar-refractivity contribution in [3.8, 4) is 16.9 Å². The Labute approximate surface area is 175 Å². The molecule has 3 heterocycles. The number of aromatic hydroxyl groups is 1. The summed E-state index contributed by atoms with van der Waals surface area (Å²) in [7, 11) is 0. The van der Waals surface area contributed by atoms with Gasteiger partial charge in [-0.3, -0.25) is 0 Å². The zero-order valence-corrected chi connectivity index (χ0v) is 17.6. The number of rotatable bonds is 4. The second-order valence-electron chi connectivity index (χ2n) is 7.44. The van der Waals surface area contributed by atoms with Gasteiger partial charge in [-0.15, -0.1) is 10.2 Å². The highest BCUT2D eigenvalue weighted by Crippen LogP contribution is 2.28. The fourth-order valence-corrected chi connectivity index (χ4v) is 3.64. The molecule has 1 fully saturated rings. The van der Waals surface area contributed by atoms with Gasteiger partial charge in [-0.1, -0.05) is 24.3 Å². The van der Waals surface area contributed by atoms with Gasteiger partial charge in [0.1, 0.15) is 11.6 Å². The summed E-state index contributed by atoms with van der Waals surface area (Å²) in [6, 6.07) is 9.65. The molecule has 0 amide bonds. The number of amidine groups is 1. The molecule has 0 radical (unpaired) electrons. The summed E-state index contributed by atoms with van der Waals surface area (Å²) in [4.78, 5) is 2.22. The largest absolute Gasteiger partial charge is 0.507 e. The van der Waals surface area contributed by atoms with Crippen LogP contribution in [-0.2, 0) is 0 Å². The zero-order valence-electron chi connectivity index (χ0n) is 17.6. The number of fused-ring (bicyclic) bond motifs is 1. The van der Waals surface area contributed by atoms with E-state index >= 15 is 0 Å². The highest BCUT2D eigenvalue weighted by molar-refractivity contribution is 6.03. The van der Waals surface area contributed by atoms with Gasteiger partial charge in [-0.05, 0) is 44.0 Å². The first kappa shape index (κ1) is 20.0. The van der Waals surface area contributed by atoms with Crippen LogP contribution in [-0.4, -0.2) is 62.6 Å². The van der Waals surface area contributed by atoms with Crippen molar-refractivity contribution in [2.24, 2.45) is 10.2 Å². The van der Waals surface area contributed by atoms with Crippen LogP contribution in [0.25, 0.3) is 16.6 Å². The van der Waals surface area contributed by atoms with Gasteiger partial charge in [-0.2, -0.15) is 5.10 Å². The fraction of sp³-hybridized carbons (Fsp3) is 0.364. The Kier molecular flexibility index (Phi) is 5.76. The van der Waals surface area contributed by atoms with Gasteiger partial charge in [0, 0.05) is 43.5 Å². The Hall–Kier alpha value is -3.26. The van der Waals surface area contributed by atoms with E-state index < -0.39 is 0 Å². The standard InChI is InChI=1S/C22H27N7O/c1-4-20(26-25-16(3)28-11-9-23-10-12-28)19-7-5-17(13-22(19)30)18-6-8-21-15(2)24-27-29(21)14-18/h5-8,13-14,23,30H,4,9-12H2,1-3H3/b25-16+,26-20+. The number of nitrogens with one attached hydrogen (secondary N) is 1. The number of phenols is 1. The lowest BCUT2D eigenvalue weighted by Gasteiger charge is -2.28. The smallest absolute Gasteiger partial charge is 0.125 e. The molecular formula is C22H27N7O. The predicted molar refractivity (Wildman–Crippen MR) is 119 cm³/mol. The minimum atomic E-state index is 0.193. The molecular weight excluding hydrogens is 378 g/mol. The van der Waals surface area contributed by atoms with Crippen molar-refractivity contribution in [2.75, 3.05) is 26.2 Å². The summed E-state index contributed by atoms with van der Waals surface area (Å²) >= 11 is 0. The van der Waals surface area contributed by atoms with E-state index in [1.54, 1.807) is 10.6 Å². The molecule has 0 unspecified atom stereocenters. The molecule has 2 N–H and O–H groups in total. The molecule has 0 aliphatic carbocycles. The van der Waals surface area contributed by atoms with E-state index in [4.69, 9.17) is 0 Å². The summed E-state index contributed by atoms with van der Waals surface area (Å²) in [5.41, 5.74) is 5.18. The van der Waals surface area contributed by atoms with Gasteiger partial charge in [0.15, 0.2) is 0 Å². The number of phenolic OH excluding ortho intramolecular Hbond substituents is 1. The SMILES string of the molecule is CC/C(=N\N=C(/C)N1CCNCC1)c1ccc(-c2ccc3c(C)nnn3c2)cc1O. The van der Waals surface area contributed by atoms with E-state index in [1.165, 1.54) is 0 Å². The average molecular weight is 406 g/mol. The third kappa shape index (κ3) is 4.04. The first-order valence-electron chi connectivity index (χ1n) is 10.3. The van der Waals surface area contributed by atoms with Crippen LogP contribution in [0.1, 0.15) is 31.5 Å². The minimum Gasteiger partial charge on any atom is -0.507 e. The lowest BCUT2D eigenvalue weighted by Crippen LogP contribution is -2.45. The predicted octanol–water partition coefficient (Wildman–Crippen LogP) is 2.85. The van der Waals surface area contributed by atoms with Gasteiger partial charge in [-0.25, -0.2) is 4.52 Å². The molecule has 4 rings (SSSR count). The lowest BCUT2D eigenvalue weighted by molar-refractivity contribution is 0.355. The van der Waals surface area contributed by atoms with Crippen molar-refractivity contribution in [3.05, 3.63) is 47.8 Å². The number of hydrogen-bond donors (Lipinski definition) is 2. The lowest BCUT2D eigenvalue weighted by atomic mass is 10.0. The van der Waals surface area contributed by atoms with E-state index in [1.807, 2.05) is 51.2 Å². The molecule has 1 saturated heterocycles. The Balaban J connectivity index is 1.60. The van der Waals surface area contributed by atoms with Gasteiger partial charge in [0.25, 0.3) is 0 Å². The second-order valence-corrected chi connectivity index (χ2v) is 7.44. The monoisotopic (exact) mass is 405 g/mol. The van der Waals surface area contributed by atoms with Crippen LogP contribution < -0.4 is 5.32 Å². The maximum absolute atomic E-state index is 10.7. The van der Waals surface area contributed by atoms with Crippen molar-refractivity contribution >= 4 is 17.1 Å². The van der Waals surface area contributed by atoms with Crippen LogP contribution in [0.4, 0.5) is 0 Å². The maximum atomic E-state index is 10.7. The first-order chi connectivity index (χ1) is 14.6. The van der Waals surface area contributed by atoms with Crippen molar-refractivity contribution in [2.45, 2.75) is 27.2 Å². The molecule has 0 spiro atoms. The Morgan fingerprint density at radius 1 is 1.13 bits per heavy atom. The molecule has 1 aliphatic rings. The summed E-state index contributed by atoms with van der Waals surface area (Å²) in [6.07, 6.45) is 2.59. The topological polar surface area (TPSA) is 90.4 Å². The third-order valence-corrected chi connectivity index (χ3v) is 5.46. The van der Waals surface area contributed by atoms with Crippen LogP contribution >= 0.6 is 0 Å². The molecule has 8 heteroatoms. The number of hydrogen-bond acceptors (Lipinski definition) is 6. The highest BCUT2D eigenvalue weighted by Gasteiger charge is 2.13. The molecule has 0 saturated carbocycles. The molecule has 1 aliphatic heterocycles. The molecule has 1 aromatic carbocycles. The van der Waals surface area contributed by atoms with Crippen LogP contribution in [0.2, 0.25) is 0 Å². The fourth-order valence-electron chi connectivity index (χ4n) is 3.64. The normalized spacial score (nSPS) is 15.8. The van der Waals surface area contributed by atoms with Crippen molar-refractivity contribution in [3.63, 3.8) is 0 Å².